The Morgan fingerprint density at radius 1 is 1.24 bits per heavy atom. The summed E-state index contributed by atoms with van der Waals surface area (Å²) in [4.78, 5) is 0.249. The summed E-state index contributed by atoms with van der Waals surface area (Å²) in [6, 6.07) is 6.29. The third kappa shape index (κ3) is 6.03. The molecule has 0 aliphatic heterocycles. The molecule has 1 aromatic rings. The van der Waals surface area contributed by atoms with Crippen LogP contribution in [0.5, 0.6) is 5.75 Å². The van der Waals surface area contributed by atoms with Crippen molar-refractivity contribution in [2.45, 2.75) is 44.6 Å². The number of nitrogens with two attached hydrogens (primary N) is 1. The minimum absolute atomic E-state index is 0.0851. The minimum Gasteiger partial charge on any atom is -0.492 e. The van der Waals surface area contributed by atoms with Gasteiger partial charge in [0.1, 0.15) is 12.4 Å². The smallest absolute Gasteiger partial charge is 0.240 e. The second kappa shape index (κ2) is 8.36. The molecular weight excluding hydrogens is 288 g/mol. The van der Waals surface area contributed by atoms with E-state index in [1.165, 1.54) is 0 Å². The highest BCUT2D eigenvalue weighted by atomic mass is 32.2. The molecule has 0 saturated carbocycles. The van der Waals surface area contributed by atoms with Gasteiger partial charge in [-0.15, -0.1) is 0 Å². The first-order chi connectivity index (χ1) is 9.89. The van der Waals surface area contributed by atoms with E-state index in [2.05, 4.69) is 18.6 Å². The largest absolute Gasteiger partial charge is 0.492 e. The van der Waals surface area contributed by atoms with E-state index in [-0.39, 0.29) is 10.9 Å². The summed E-state index contributed by atoms with van der Waals surface area (Å²) in [5.74, 6) is 1.11. The SMILES string of the molecule is CCC(C)CC(C)NS(=O)(=O)c1ccc(OCCN)cc1. The molecule has 0 aliphatic carbocycles. The van der Waals surface area contributed by atoms with Crippen LogP contribution in [0.3, 0.4) is 0 Å². The van der Waals surface area contributed by atoms with Crippen molar-refractivity contribution in [2.75, 3.05) is 13.2 Å². The number of hydrogen-bond acceptors (Lipinski definition) is 4. The maximum Gasteiger partial charge on any atom is 0.240 e. The third-order valence-corrected chi connectivity index (χ3v) is 4.94. The number of rotatable bonds is 9. The zero-order valence-corrected chi connectivity index (χ0v) is 13.8. The lowest BCUT2D eigenvalue weighted by atomic mass is 10.0. The first-order valence-corrected chi connectivity index (χ1v) is 8.82. The molecule has 21 heavy (non-hydrogen) atoms. The molecule has 2 unspecified atom stereocenters. The van der Waals surface area contributed by atoms with Crippen molar-refractivity contribution < 1.29 is 13.2 Å². The fourth-order valence-corrected chi connectivity index (χ4v) is 3.30. The maximum atomic E-state index is 12.3. The molecule has 0 amide bonds. The van der Waals surface area contributed by atoms with Gasteiger partial charge >= 0.3 is 0 Å². The fourth-order valence-electron chi connectivity index (χ4n) is 2.04. The lowest BCUT2D eigenvalue weighted by molar-refractivity contribution is 0.328. The highest BCUT2D eigenvalue weighted by Gasteiger charge is 2.18. The number of hydrogen-bond donors (Lipinski definition) is 2. The zero-order chi connectivity index (χ0) is 15.9. The normalized spacial score (nSPS) is 14.7. The first kappa shape index (κ1) is 17.9. The van der Waals surface area contributed by atoms with Gasteiger partial charge in [-0.05, 0) is 43.5 Å². The lowest BCUT2D eigenvalue weighted by Crippen LogP contribution is -2.33. The summed E-state index contributed by atoms with van der Waals surface area (Å²) in [7, 11) is -3.48. The summed E-state index contributed by atoms with van der Waals surface area (Å²) >= 11 is 0. The third-order valence-electron chi connectivity index (χ3n) is 3.33. The van der Waals surface area contributed by atoms with E-state index in [0.717, 1.165) is 12.8 Å². The first-order valence-electron chi connectivity index (χ1n) is 7.34. The van der Waals surface area contributed by atoms with Crippen LogP contribution in [0.25, 0.3) is 0 Å². The van der Waals surface area contributed by atoms with Gasteiger partial charge in [0.15, 0.2) is 0 Å². The van der Waals surface area contributed by atoms with Gasteiger partial charge in [0, 0.05) is 12.6 Å². The second-order valence-electron chi connectivity index (χ2n) is 5.38. The summed E-state index contributed by atoms with van der Waals surface area (Å²) in [5, 5.41) is 0. The van der Waals surface area contributed by atoms with Gasteiger partial charge in [0.2, 0.25) is 10.0 Å². The Labute approximate surface area is 127 Å². The van der Waals surface area contributed by atoms with E-state index in [1.807, 2.05) is 6.92 Å². The second-order valence-corrected chi connectivity index (χ2v) is 7.09. The molecule has 0 saturated heterocycles. The molecule has 0 aliphatic rings. The van der Waals surface area contributed by atoms with Crippen molar-refractivity contribution in [1.29, 1.82) is 0 Å². The van der Waals surface area contributed by atoms with E-state index >= 15 is 0 Å². The number of benzene rings is 1. The molecular formula is C15H26N2O3S. The van der Waals surface area contributed by atoms with Crippen molar-refractivity contribution >= 4 is 10.0 Å². The molecule has 1 rings (SSSR count). The van der Waals surface area contributed by atoms with E-state index in [4.69, 9.17) is 10.5 Å². The van der Waals surface area contributed by atoms with Crippen LogP contribution in [0, 0.1) is 5.92 Å². The molecule has 3 N–H and O–H groups in total. The van der Waals surface area contributed by atoms with Gasteiger partial charge in [-0.2, -0.15) is 0 Å². The maximum absolute atomic E-state index is 12.3. The Morgan fingerprint density at radius 3 is 2.38 bits per heavy atom. The Morgan fingerprint density at radius 2 is 1.86 bits per heavy atom. The van der Waals surface area contributed by atoms with Crippen molar-refractivity contribution in [3.05, 3.63) is 24.3 Å². The van der Waals surface area contributed by atoms with Crippen LogP contribution in [-0.4, -0.2) is 27.6 Å². The van der Waals surface area contributed by atoms with Crippen LogP contribution in [0.15, 0.2) is 29.2 Å². The van der Waals surface area contributed by atoms with Gasteiger partial charge in [-0.3, -0.25) is 0 Å². The Bertz CT molecular complexity index is 514. The predicted octanol–water partition coefficient (Wildman–Crippen LogP) is 2.13. The van der Waals surface area contributed by atoms with Crippen LogP contribution in [0.2, 0.25) is 0 Å². The van der Waals surface area contributed by atoms with Gasteiger partial charge in [0.05, 0.1) is 4.90 Å². The van der Waals surface area contributed by atoms with Crippen LogP contribution in [-0.2, 0) is 10.0 Å². The summed E-state index contributed by atoms with van der Waals surface area (Å²) in [6.07, 6.45) is 1.87. The van der Waals surface area contributed by atoms with Crippen molar-refractivity contribution in [3.8, 4) is 5.75 Å². The van der Waals surface area contributed by atoms with Crippen molar-refractivity contribution in [2.24, 2.45) is 11.7 Å². The topological polar surface area (TPSA) is 81.4 Å². The molecule has 0 aromatic heterocycles. The van der Waals surface area contributed by atoms with Gasteiger partial charge in [-0.1, -0.05) is 20.3 Å². The molecule has 0 radical (unpaired) electrons. The number of sulfonamides is 1. The standard InChI is InChI=1S/C15H26N2O3S/c1-4-12(2)11-13(3)17-21(18,19)15-7-5-14(6-8-15)20-10-9-16/h5-8,12-13,17H,4,9-11,16H2,1-3H3. The molecule has 0 heterocycles. The Balaban J connectivity index is 2.69. The highest BCUT2D eigenvalue weighted by molar-refractivity contribution is 7.89. The van der Waals surface area contributed by atoms with E-state index in [0.29, 0.717) is 24.8 Å². The quantitative estimate of drug-likeness (QED) is 0.731. The summed E-state index contributed by atoms with van der Waals surface area (Å²) in [6.45, 7) is 6.95. The molecule has 0 fully saturated rings. The van der Waals surface area contributed by atoms with Crippen LogP contribution in [0.1, 0.15) is 33.6 Å². The van der Waals surface area contributed by atoms with Crippen LogP contribution < -0.4 is 15.2 Å². The highest BCUT2D eigenvalue weighted by Crippen LogP contribution is 2.17. The summed E-state index contributed by atoms with van der Waals surface area (Å²) < 4.78 is 32.6. The lowest BCUT2D eigenvalue weighted by Gasteiger charge is -2.17. The van der Waals surface area contributed by atoms with Crippen LogP contribution in [0.4, 0.5) is 0 Å². The average molecular weight is 314 g/mol. The van der Waals surface area contributed by atoms with Gasteiger partial charge in [-0.25, -0.2) is 13.1 Å². The monoisotopic (exact) mass is 314 g/mol. The Hall–Kier alpha value is -1.11. The van der Waals surface area contributed by atoms with E-state index in [1.54, 1.807) is 24.3 Å². The molecule has 2 atom stereocenters. The number of ether oxygens (including phenoxy) is 1. The van der Waals surface area contributed by atoms with Crippen molar-refractivity contribution in [3.63, 3.8) is 0 Å². The molecule has 0 spiro atoms. The van der Waals surface area contributed by atoms with E-state index < -0.39 is 10.0 Å². The molecule has 0 bridgehead atoms. The minimum atomic E-state index is -3.48. The average Bonchev–Trinajstić information content (AvgIpc) is 2.44. The van der Waals surface area contributed by atoms with E-state index in [9.17, 15) is 8.42 Å². The molecule has 120 valence electrons. The Kier molecular flexibility index (Phi) is 7.14. The fraction of sp³-hybridized carbons (Fsp3) is 0.600. The summed E-state index contributed by atoms with van der Waals surface area (Å²) in [5.41, 5.74) is 5.35. The predicted molar refractivity (Wildman–Crippen MR) is 84.8 cm³/mol. The zero-order valence-electron chi connectivity index (χ0n) is 13.0. The van der Waals surface area contributed by atoms with Gasteiger partial charge < -0.3 is 10.5 Å². The van der Waals surface area contributed by atoms with Crippen LogP contribution >= 0.6 is 0 Å². The van der Waals surface area contributed by atoms with Gasteiger partial charge in [0.25, 0.3) is 0 Å². The molecule has 1 aromatic carbocycles. The molecule has 6 heteroatoms. The molecule has 5 nitrogen and oxygen atoms in total. The van der Waals surface area contributed by atoms with Crippen molar-refractivity contribution in [1.82, 2.24) is 4.72 Å². The number of nitrogens with one attached hydrogen (secondary N) is 1.